The molecule has 1 aliphatic rings. The molecule has 1 aliphatic carbocycles. The predicted octanol–water partition coefficient (Wildman–Crippen LogP) is 7.35. The summed E-state index contributed by atoms with van der Waals surface area (Å²) < 4.78 is 51.7. The molecule has 3 rings (SSSR count). The zero-order chi connectivity index (χ0) is 23.1. The summed E-state index contributed by atoms with van der Waals surface area (Å²) in [6.07, 6.45) is 0. The predicted molar refractivity (Wildman–Crippen MR) is 109 cm³/mol. The number of benzene rings is 2. The SMILES string of the molecule is [2H]C([2H])([2H])C1(C([2H])([2H])[2H])c2cccc(Br)c2-c2cc(C(C)(C)C)cc(C(C)(C)C)c21. The Kier molecular flexibility index (Phi) is 2.50. The molecule has 0 heterocycles. The number of rotatable bonds is 0. The summed E-state index contributed by atoms with van der Waals surface area (Å²) in [6, 6.07) is 9.25. The van der Waals surface area contributed by atoms with Crippen LogP contribution in [0, 0.1) is 0 Å². The van der Waals surface area contributed by atoms with Crippen LogP contribution < -0.4 is 0 Å². The largest absolute Gasteiger partial charge is 0.0608 e. The molecule has 0 aliphatic heterocycles. The number of fused-ring (bicyclic) bond motifs is 3. The Morgan fingerprint density at radius 3 is 2.17 bits per heavy atom. The molecule has 24 heavy (non-hydrogen) atoms. The lowest BCUT2D eigenvalue weighted by Crippen LogP contribution is -2.24. The first kappa shape index (κ1) is 11.5. The van der Waals surface area contributed by atoms with Crippen molar-refractivity contribution in [3.8, 4) is 11.1 Å². The molecule has 0 saturated carbocycles. The molecule has 0 bridgehead atoms. The molecule has 0 saturated heterocycles. The van der Waals surface area contributed by atoms with Gasteiger partial charge in [0.15, 0.2) is 0 Å². The van der Waals surface area contributed by atoms with Crippen LogP contribution in [0.4, 0.5) is 0 Å². The van der Waals surface area contributed by atoms with Crippen molar-refractivity contribution in [3.63, 3.8) is 0 Å². The summed E-state index contributed by atoms with van der Waals surface area (Å²) in [7, 11) is 0. The fraction of sp³-hybridized carbons (Fsp3) is 0.478. The van der Waals surface area contributed by atoms with E-state index in [2.05, 4.69) is 36.7 Å². The van der Waals surface area contributed by atoms with Gasteiger partial charge in [-0.25, -0.2) is 0 Å². The summed E-state index contributed by atoms with van der Waals surface area (Å²) in [6.45, 7) is 6.84. The van der Waals surface area contributed by atoms with Gasteiger partial charge in [-0.05, 0) is 44.7 Å². The Hall–Kier alpha value is -1.08. The van der Waals surface area contributed by atoms with Gasteiger partial charge >= 0.3 is 0 Å². The van der Waals surface area contributed by atoms with Crippen LogP contribution in [0.2, 0.25) is 0 Å². The molecule has 1 heteroatoms. The van der Waals surface area contributed by atoms with Crippen LogP contribution in [-0.4, -0.2) is 0 Å². The van der Waals surface area contributed by atoms with Gasteiger partial charge in [0.1, 0.15) is 0 Å². The van der Waals surface area contributed by atoms with Crippen molar-refractivity contribution in [2.45, 2.75) is 71.5 Å². The van der Waals surface area contributed by atoms with Crippen molar-refractivity contribution in [1.82, 2.24) is 0 Å². The van der Waals surface area contributed by atoms with E-state index in [1.54, 1.807) is 12.1 Å². The van der Waals surface area contributed by atoms with Gasteiger partial charge in [-0.15, -0.1) is 0 Å². The molecule has 0 fully saturated rings. The van der Waals surface area contributed by atoms with E-state index in [0.717, 1.165) is 11.1 Å². The molecule has 0 unspecified atom stereocenters. The maximum atomic E-state index is 8.50. The first-order chi connectivity index (χ1) is 13.3. The first-order valence-electron chi connectivity index (χ1n) is 11.3. The second-order valence-electron chi connectivity index (χ2n) is 8.86. The topological polar surface area (TPSA) is 0 Å². The summed E-state index contributed by atoms with van der Waals surface area (Å²) in [4.78, 5) is 0. The second-order valence-corrected chi connectivity index (χ2v) is 9.71. The molecule has 0 nitrogen and oxygen atoms in total. The summed E-state index contributed by atoms with van der Waals surface area (Å²) in [5, 5.41) is 0. The third-order valence-corrected chi connectivity index (χ3v) is 5.54. The summed E-state index contributed by atoms with van der Waals surface area (Å²) in [5.41, 5.74) is 1.28. The zero-order valence-corrected chi connectivity index (χ0v) is 16.9. The van der Waals surface area contributed by atoms with E-state index in [4.69, 9.17) is 8.22 Å². The summed E-state index contributed by atoms with van der Waals surface area (Å²) >= 11 is 3.59. The molecular weight excluding hydrogens is 356 g/mol. The van der Waals surface area contributed by atoms with Gasteiger partial charge in [0.2, 0.25) is 0 Å². The molecular formula is C23H29Br. The third kappa shape index (κ3) is 2.56. The van der Waals surface area contributed by atoms with Crippen molar-refractivity contribution in [3.05, 3.63) is 57.1 Å². The van der Waals surface area contributed by atoms with Crippen LogP contribution in [0.25, 0.3) is 11.1 Å². The minimum absolute atomic E-state index is 0.179. The highest BCUT2D eigenvalue weighted by atomic mass is 79.9. The highest BCUT2D eigenvalue weighted by molar-refractivity contribution is 9.10. The Balaban J connectivity index is 2.69. The minimum atomic E-state index is -2.76. The molecule has 0 N–H and O–H groups in total. The van der Waals surface area contributed by atoms with Crippen molar-refractivity contribution < 1.29 is 8.22 Å². The van der Waals surface area contributed by atoms with Crippen LogP contribution in [0.3, 0.4) is 0 Å². The Bertz CT molecular complexity index is 987. The second kappa shape index (κ2) is 5.21. The van der Waals surface area contributed by atoms with Crippen molar-refractivity contribution in [2.24, 2.45) is 0 Å². The normalized spacial score (nSPS) is 20.8. The quantitative estimate of drug-likeness (QED) is 0.440. The Morgan fingerprint density at radius 2 is 1.62 bits per heavy atom. The van der Waals surface area contributed by atoms with Crippen molar-refractivity contribution >= 4 is 15.9 Å². The van der Waals surface area contributed by atoms with Crippen molar-refractivity contribution in [2.75, 3.05) is 0 Å². The lowest BCUT2D eigenvalue weighted by Gasteiger charge is -2.32. The lowest BCUT2D eigenvalue weighted by atomic mass is 9.71. The van der Waals surface area contributed by atoms with Gasteiger partial charge in [0.25, 0.3) is 0 Å². The molecule has 0 radical (unpaired) electrons. The van der Waals surface area contributed by atoms with E-state index < -0.39 is 24.5 Å². The van der Waals surface area contributed by atoms with Crippen molar-refractivity contribution in [1.29, 1.82) is 0 Å². The smallest absolute Gasteiger partial charge is 0.0256 e. The maximum Gasteiger partial charge on any atom is 0.0256 e. The van der Waals surface area contributed by atoms with Gasteiger partial charge in [0, 0.05) is 23.7 Å². The van der Waals surface area contributed by atoms with Crippen LogP contribution in [0.5, 0.6) is 0 Å². The van der Waals surface area contributed by atoms with Gasteiger partial charge < -0.3 is 0 Å². The Labute approximate surface area is 164 Å². The third-order valence-electron chi connectivity index (χ3n) is 4.87. The highest BCUT2D eigenvalue weighted by Crippen LogP contribution is 2.55. The number of hydrogen-bond acceptors (Lipinski definition) is 0. The van der Waals surface area contributed by atoms with E-state index in [-0.39, 0.29) is 5.41 Å². The molecule has 0 aromatic heterocycles. The van der Waals surface area contributed by atoms with Gasteiger partial charge in [-0.3, -0.25) is 0 Å². The molecule has 0 spiro atoms. The molecule has 0 atom stereocenters. The Morgan fingerprint density at radius 1 is 0.958 bits per heavy atom. The van der Waals surface area contributed by atoms with E-state index in [1.807, 2.05) is 39.0 Å². The zero-order valence-electron chi connectivity index (χ0n) is 21.3. The van der Waals surface area contributed by atoms with Crippen LogP contribution in [-0.2, 0) is 16.2 Å². The average Bonchev–Trinajstić information content (AvgIpc) is 2.83. The average molecular weight is 391 g/mol. The molecule has 0 amide bonds. The molecule has 2 aromatic rings. The number of halogens is 1. The van der Waals surface area contributed by atoms with Crippen LogP contribution in [0.15, 0.2) is 34.8 Å². The van der Waals surface area contributed by atoms with E-state index >= 15 is 0 Å². The van der Waals surface area contributed by atoms with E-state index in [1.165, 1.54) is 0 Å². The van der Waals surface area contributed by atoms with Gasteiger partial charge in [-0.2, -0.15) is 0 Å². The van der Waals surface area contributed by atoms with Gasteiger partial charge in [-0.1, -0.05) is 95.4 Å². The summed E-state index contributed by atoms with van der Waals surface area (Å²) in [5.74, 6) is 0. The maximum absolute atomic E-state index is 8.50. The van der Waals surface area contributed by atoms with E-state index in [0.29, 0.717) is 26.7 Å². The fourth-order valence-corrected chi connectivity index (χ4v) is 4.09. The highest BCUT2D eigenvalue weighted by Gasteiger charge is 2.41. The van der Waals surface area contributed by atoms with Crippen LogP contribution in [0.1, 0.15) is 85.7 Å². The first-order valence-corrected chi connectivity index (χ1v) is 9.13. The van der Waals surface area contributed by atoms with E-state index in [9.17, 15) is 0 Å². The monoisotopic (exact) mass is 390 g/mol. The van der Waals surface area contributed by atoms with Crippen LogP contribution >= 0.6 is 15.9 Å². The fourth-order valence-electron chi connectivity index (χ4n) is 3.51. The molecule has 128 valence electrons. The molecule has 2 aromatic carbocycles. The lowest BCUT2D eigenvalue weighted by molar-refractivity contribution is 0.545. The number of hydrogen-bond donors (Lipinski definition) is 0. The minimum Gasteiger partial charge on any atom is -0.0608 e. The van der Waals surface area contributed by atoms with Gasteiger partial charge in [0.05, 0.1) is 0 Å². The standard InChI is InChI=1S/C23H29Br/c1-21(2,3)14-12-15-19-16(10-9-11-18(19)24)23(7,8)20(15)17(13-14)22(4,5)6/h9-13H,1-8H3/i7D3,8D3.